The van der Waals surface area contributed by atoms with Crippen LogP contribution in [0.15, 0.2) is 0 Å². The van der Waals surface area contributed by atoms with Crippen LogP contribution in [0.5, 0.6) is 0 Å². The Balaban J connectivity index is 2.42. The van der Waals surface area contributed by atoms with Crippen molar-refractivity contribution in [2.75, 3.05) is 6.54 Å². The van der Waals surface area contributed by atoms with E-state index in [1.165, 1.54) is 0 Å². The van der Waals surface area contributed by atoms with Crippen LogP contribution in [0.4, 0.5) is 0 Å². The summed E-state index contributed by atoms with van der Waals surface area (Å²) in [5, 5.41) is 3.34. The van der Waals surface area contributed by atoms with Crippen LogP contribution in [0.1, 0.15) is 60.8 Å². The minimum absolute atomic E-state index is 0.0477. The molecule has 0 aliphatic carbocycles. The third-order valence-electron chi connectivity index (χ3n) is 3.62. The van der Waals surface area contributed by atoms with E-state index in [-0.39, 0.29) is 17.1 Å². The molecule has 3 heteroatoms. The monoisotopic (exact) mass is 255 g/mol. The Morgan fingerprint density at radius 1 is 1.33 bits per heavy atom. The molecule has 1 atom stereocenters. The van der Waals surface area contributed by atoms with Gasteiger partial charge in [-0.2, -0.15) is 0 Å². The number of hydrogen-bond donors (Lipinski definition) is 1. The lowest BCUT2D eigenvalue weighted by atomic mass is 9.82. The largest absolute Gasteiger partial charge is 0.369 e. The lowest BCUT2D eigenvalue weighted by molar-refractivity contribution is -0.129. The van der Waals surface area contributed by atoms with Gasteiger partial charge in [-0.05, 0) is 47.1 Å². The predicted molar refractivity (Wildman–Crippen MR) is 74.7 cm³/mol. The highest BCUT2D eigenvalue weighted by Gasteiger charge is 2.48. The third-order valence-corrected chi connectivity index (χ3v) is 3.62. The average Bonchev–Trinajstić information content (AvgIpc) is 2.41. The van der Waals surface area contributed by atoms with Crippen molar-refractivity contribution in [2.45, 2.75) is 78.0 Å². The Hall–Kier alpha value is -0.410. The maximum absolute atomic E-state index is 12.3. The van der Waals surface area contributed by atoms with Crippen LogP contribution in [0.25, 0.3) is 0 Å². The molecule has 1 N–H and O–H groups in total. The number of ether oxygens (including phenoxy) is 1. The van der Waals surface area contributed by atoms with Crippen molar-refractivity contribution in [3.63, 3.8) is 0 Å². The van der Waals surface area contributed by atoms with E-state index >= 15 is 0 Å². The lowest BCUT2D eigenvalue weighted by Crippen LogP contribution is -2.34. The second-order valence-electron chi connectivity index (χ2n) is 6.90. The summed E-state index contributed by atoms with van der Waals surface area (Å²) in [7, 11) is 0. The maximum Gasteiger partial charge on any atom is 0.138 e. The minimum Gasteiger partial charge on any atom is -0.369 e. The second kappa shape index (κ2) is 5.70. The van der Waals surface area contributed by atoms with E-state index in [2.05, 4.69) is 33.0 Å². The minimum atomic E-state index is -0.313. The summed E-state index contributed by atoms with van der Waals surface area (Å²) in [6.07, 6.45) is 2.42. The lowest BCUT2D eigenvalue weighted by Gasteiger charge is -2.26. The molecular formula is C15H29NO2. The van der Waals surface area contributed by atoms with Crippen molar-refractivity contribution in [1.29, 1.82) is 0 Å². The summed E-state index contributed by atoms with van der Waals surface area (Å²) >= 11 is 0. The zero-order chi connectivity index (χ0) is 14.0. The Morgan fingerprint density at radius 2 is 1.94 bits per heavy atom. The van der Waals surface area contributed by atoms with E-state index in [1.807, 2.05) is 13.8 Å². The van der Waals surface area contributed by atoms with Gasteiger partial charge in [0, 0.05) is 18.4 Å². The van der Waals surface area contributed by atoms with E-state index in [0.29, 0.717) is 18.2 Å². The van der Waals surface area contributed by atoms with E-state index in [9.17, 15) is 4.79 Å². The summed E-state index contributed by atoms with van der Waals surface area (Å²) in [5.41, 5.74) is -0.480. The van der Waals surface area contributed by atoms with Crippen molar-refractivity contribution in [1.82, 2.24) is 5.32 Å². The highest BCUT2D eigenvalue weighted by Crippen LogP contribution is 2.42. The first-order valence-corrected chi connectivity index (χ1v) is 7.10. The SMILES string of the molecule is CC(C)NCCCC(=O)C1CC(C)(C)OC1(C)C. The predicted octanol–water partition coefficient (Wildman–Crippen LogP) is 2.93. The molecule has 0 saturated carbocycles. The zero-order valence-electron chi connectivity index (χ0n) is 12.8. The Labute approximate surface area is 112 Å². The fraction of sp³-hybridized carbons (Fsp3) is 0.933. The number of Topliss-reactive ketones (excluding diaryl/α,β-unsaturated/α-hetero) is 1. The van der Waals surface area contributed by atoms with Gasteiger partial charge in [-0.1, -0.05) is 13.8 Å². The first-order valence-electron chi connectivity index (χ1n) is 7.10. The van der Waals surface area contributed by atoms with Crippen molar-refractivity contribution in [3.8, 4) is 0 Å². The number of rotatable bonds is 6. The van der Waals surface area contributed by atoms with Crippen LogP contribution >= 0.6 is 0 Å². The van der Waals surface area contributed by atoms with Gasteiger partial charge in [0.15, 0.2) is 0 Å². The van der Waals surface area contributed by atoms with Crippen LogP contribution in [-0.2, 0) is 9.53 Å². The summed E-state index contributed by atoms with van der Waals surface area (Å²) in [4.78, 5) is 12.3. The molecular weight excluding hydrogens is 226 g/mol. The fourth-order valence-corrected chi connectivity index (χ4v) is 2.89. The molecule has 1 saturated heterocycles. The number of ketones is 1. The number of carbonyl (C=O) groups excluding carboxylic acids is 1. The molecule has 3 nitrogen and oxygen atoms in total. The third kappa shape index (κ3) is 4.36. The highest BCUT2D eigenvalue weighted by atomic mass is 16.5. The molecule has 0 aromatic carbocycles. The van der Waals surface area contributed by atoms with E-state index in [4.69, 9.17) is 4.74 Å². The van der Waals surface area contributed by atoms with Crippen LogP contribution < -0.4 is 5.32 Å². The molecule has 0 aromatic rings. The molecule has 0 radical (unpaired) electrons. The van der Waals surface area contributed by atoms with Gasteiger partial charge in [0.05, 0.1) is 11.2 Å². The average molecular weight is 255 g/mol. The quantitative estimate of drug-likeness (QED) is 0.742. The Morgan fingerprint density at radius 3 is 2.39 bits per heavy atom. The molecule has 1 unspecified atom stereocenters. The van der Waals surface area contributed by atoms with Crippen LogP contribution in [0.3, 0.4) is 0 Å². The maximum atomic E-state index is 12.3. The number of nitrogens with one attached hydrogen (secondary N) is 1. The first-order chi connectivity index (χ1) is 8.14. The molecule has 1 aliphatic rings. The van der Waals surface area contributed by atoms with Gasteiger partial charge in [0.1, 0.15) is 5.78 Å². The molecule has 1 aliphatic heterocycles. The molecule has 0 spiro atoms. The molecule has 0 amide bonds. The van der Waals surface area contributed by atoms with Gasteiger partial charge in [-0.3, -0.25) is 4.79 Å². The molecule has 106 valence electrons. The second-order valence-corrected chi connectivity index (χ2v) is 6.90. The number of carbonyl (C=O) groups is 1. The highest BCUT2D eigenvalue weighted by molar-refractivity contribution is 5.82. The Bertz CT molecular complexity index is 295. The molecule has 18 heavy (non-hydrogen) atoms. The molecule has 1 heterocycles. The Kier molecular flexibility index (Phi) is 4.96. The molecule has 0 aromatic heterocycles. The summed E-state index contributed by atoms with van der Waals surface area (Å²) < 4.78 is 5.98. The van der Waals surface area contributed by atoms with E-state index < -0.39 is 0 Å². The summed E-state index contributed by atoms with van der Waals surface area (Å²) in [5.74, 6) is 0.405. The zero-order valence-corrected chi connectivity index (χ0v) is 12.8. The van der Waals surface area contributed by atoms with Gasteiger partial charge in [0.2, 0.25) is 0 Å². The summed E-state index contributed by atoms with van der Waals surface area (Å²) in [6, 6.07) is 0.491. The molecule has 1 rings (SSSR count). The topological polar surface area (TPSA) is 38.3 Å². The smallest absolute Gasteiger partial charge is 0.138 e. The van der Waals surface area contributed by atoms with Crippen molar-refractivity contribution < 1.29 is 9.53 Å². The van der Waals surface area contributed by atoms with Gasteiger partial charge in [-0.15, -0.1) is 0 Å². The van der Waals surface area contributed by atoms with Gasteiger partial charge in [-0.25, -0.2) is 0 Å². The number of hydrogen-bond acceptors (Lipinski definition) is 3. The molecule has 0 bridgehead atoms. The normalized spacial score (nSPS) is 25.6. The molecule has 1 fully saturated rings. The van der Waals surface area contributed by atoms with E-state index in [1.54, 1.807) is 0 Å². The van der Waals surface area contributed by atoms with Crippen LogP contribution in [0, 0.1) is 5.92 Å². The van der Waals surface area contributed by atoms with Crippen LogP contribution in [0.2, 0.25) is 0 Å². The van der Waals surface area contributed by atoms with Gasteiger partial charge >= 0.3 is 0 Å². The van der Waals surface area contributed by atoms with Gasteiger partial charge in [0.25, 0.3) is 0 Å². The van der Waals surface area contributed by atoms with E-state index in [0.717, 1.165) is 19.4 Å². The van der Waals surface area contributed by atoms with Crippen molar-refractivity contribution >= 4 is 5.78 Å². The summed E-state index contributed by atoms with van der Waals surface area (Å²) in [6.45, 7) is 13.4. The van der Waals surface area contributed by atoms with Crippen molar-refractivity contribution in [3.05, 3.63) is 0 Å². The standard InChI is InChI=1S/C15H29NO2/c1-11(2)16-9-7-8-13(17)12-10-14(3,4)18-15(12,5)6/h11-12,16H,7-10H2,1-6H3. The van der Waals surface area contributed by atoms with Crippen LogP contribution in [-0.4, -0.2) is 29.6 Å². The fourth-order valence-electron chi connectivity index (χ4n) is 2.89. The first kappa shape index (κ1) is 15.6. The van der Waals surface area contributed by atoms with Gasteiger partial charge < -0.3 is 10.1 Å². The van der Waals surface area contributed by atoms with Crippen molar-refractivity contribution in [2.24, 2.45) is 5.92 Å².